The van der Waals surface area contributed by atoms with E-state index in [1.54, 1.807) is 0 Å². The number of anilines is 1. The van der Waals surface area contributed by atoms with E-state index in [-0.39, 0.29) is 16.8 Å². The maximum absolute atomic E-state index is 13.5. The summed E-state index contributed by atoms with van der Waals surface area (Å²) in [5.41, 5.74) is 0.794. The van der Waals surface area contributed by atoms with Crippen molar-refractivity contribution in [3.8, 4) is 12.1 Å². The molecule has 0 aliphatic rings. The van der Waals surface area contributed by atoms with E-state index in [4.69, 9.17) is 10.5 Å². The molecule has 0 aliphatic heterocycles. The Kier molecular flexibility index (Phi) is 7.31. The van der Waals surface area contributed by atoms with Gasteiger partial charge in [0.05, 0.1) is 34.4 Å². The van der Waals surface area contributed by atoms with Crippen molar-refractivity contribution in [3.05, 3.63) is 64.2 Å². The van der Waals surface area contributed by atoms with Crippen LogP contribution < -0.4 is 16.2 Å². The van der Waals surface area contributed by atoms with E-state index >= 15 is 0 Å². The van der Waals surface area contributed by atoms with E-state index in [0.29, 0.717) is 5.56 Å². The zero-order valence-electron chi connectivity index (χ0n) is 17.8. The highest BCUT2D eigenvalue weighted by atomic mass is 19.4. The molecule has 0 radical (unpaired) electrons. The SMILES string of the molecule is Cc1c(NC(C(=O)NNC(=O)c2ccc(C#N)cc2)C(C)(C)O)ccc(C#N)c1C(F)(F)F. The Balaban J connectivity index is 2.25. The summed E-state index contributed by atoms with van der Waals surface area (Å²) in [4.78, 5) is 24.9. The number of nitrogens with one attached hydrogen (secondary N) is 3. The predicted molar refractivity (Wildman–Crippen MR) is 111 cm³/mol. The van der Waals surface area contributed by atoms with Crippen LogP contribution in [0.4, 0.5) is 18.9 Å². The van der Waals surface area contributed by atoms with E-state index in [1.165, 1.54) is 50.2 Å². The normalized spacial score (nSPS) is 12.2. The molecule has 1 unspecified atom stereocenters. The van der Waals surface area contributed by atoms with Gasteiger partial charge in [-0.1, -0.05) is 0 Å². The van der Waals surface area contributed by atoms with Crippen molar-refractivity contribution in [3.63, 3.8) is 0 Å². The summed E-state index contributed by atoms with van der Waals surface area (Å²) in [6.45, 7) is 3.66. The van der Waals surface area contributed by atoms with Gasteiger partial charge in [-0.25, -0.2) is 0 Å². The molecule has 2 rings (SSSR count). The minimum atomic E-state index is -4.81. The molecule has 33 heavy (non-hydrogen) atoms. The molecule has 0 bridgehead atoms. The van der Waals surface area contributed by atoms with Gasteiger partial charge in [0.2, 0.25) is 0 Å². The van der Waals surface area contributed by atoms with Crippen molar-refractivity contribution in [2.75, 3.05) is 5.32 Å². The lowest BCUT2D eigenvalue weighted by atomic mass is 9.95. The van der Waals surface area contributed by atoms with Crippen LogP contribution in [0.1, 0.15) is 46.5 Å². The third-order valence-electron chi connectivity index (χ3n) is 4.71. The minimum Gasteiger partial charge on any atom is -0.388 e. The van der Waals surface area contributed by atoms with Crippen molar-refractivity contribution in [2.24, 2.45) is 0 Å². The second-order valence-electron chi connectivity index (χ2n) is 7.63. The van der Waals surface area contributed by atoms with Crippen molar-refractivity contribution in [1.29, 1.82) is 10.5 Å². The second-order valence-corrected chi connectivity index (χ2v) is 7.63. The van der Waals surface area contributed by atoms with Crippen LogP contribution in [-0.4, -0.2) is 28.6 Å². The van der Waals surface area contributed by atoms with E-state index in [0.717, 1.165) is 13.0 Å². The summed E-state index contributed by atoms with van der Waals surface area (Å²) >= 11 is 0. The van der Waals surface area contributed by atoms with Crippen molar-refractivity contribution in [1.82, 2.24) is 10.9 Å². The fourth-order valence-corrected chi connectivity index (χ4v) is 3.00. The van der Waals surface area contributed by atoms with Gasteiger partial charge in [-0.05, 0) is 62.7 Å². The van der Waals surface area contributed by atoms with E-state index < -0.39 is 40.8 Å². The molecule has 0 saturated heterocycles. The molecular weight excluding hydrogens is 439 g/mol. The molecule has 2 aromatic carbocycles. The zero-order valence-corrected chi connectivity index (χ0v) is 17.8. The molecule has 8 nitrogen and oxygen atoms in total. The first-order valence-electron chi connectivity index (χ1n) is 9.49. The lowest BCUT2D eigenvalue weighted by Crippen LogP contribution is -2.56. The number of carbonyl (C=O) groups excluding carboxylic acids is 2. The molecule has 2 amide bonds. The number of halogens is 3. The molecule has 2 aromatic rings. The lowest BCUT2D eigenvalue weighted by Gasteiger charge is -2.31. The third kappa shape index (κ3) is 5.99. The van der Waals surface area contributed by atoms with Gasteiger partial charge < -0.3 is 10.4 Å². The maximum atomic E-state index is 13.5. The van der Waals surface area contributed by atoms with Gasteiger partial charge in [-0.3, -0.25) is 20.4 Å². The molecule has 0 spiro atoms. The first kappa shape index (κ1) is 25.2. The highest BCUT2D eigenvalue weighted by molar-refractivity contribution is 5.96. The maximum Gasteiger partial charge on any atom is 0.418 e. The van der Waals surface area contributed by atoms with Crippen LogP contribution in [0.3, 0.4) is 0 Å². The number of hydrazine groups is 1. The molecule has 11 heteroatoms. The van der Waals surface area contributed by atoms with Crippen LogP contribution in [0.15, 0.2) is 36.4 Å². The largest absolute Gasteiger partial charge is 0.418 e. The average molecular weight is 459 g/mol. The van der Waals surface area contributed by atoms with Gasteiger partial charge in [-0.2, -0.15) is 23.7 Å². The summed E-state index contributed by atoms with van der Waals surface area (Å²) in [7, 11) is 0. The Hall–Kier alpha value is -4.09. The summed E-state index contributed by atoms with van der Waals surface area (Å²) in [6, 6.07) is 9.61. The lowest BCUT2D eigenvalue weighted by molar-refractivity contribution is -0.138. The zero-order chi connectivity index (χ0) is 25.0. The predicted octanol–water partition coefficient (Wildman–Crippen LogP) is 2.77. The second kappa shape index (κ2) is 9.59. The smallest absolute Gasteiger partial charge is 0.388 e. The Labute approximate surface area is 187 Å². The van der Waals surface area contributed by atoms with Gasteiger partial charge in [0, 0.05) is 11.3 Å². The number of nitrogens with zero attached hydrogens (tertiary/aromatic N) is 2. The molecule has 0 saturated carbocycles. The average Bonchev–Trinajstić information content (AvgIpc) is 2.74. The van der Waals surface area contributed by atoms with E-state index in [1.807, 2.05) is 6.07 Å². The Morgan fingerprint density at radius 3 is 2.09 bits per heavy atom. The number of alkyl halides is 3. The van der Waals surface area contributed by atoms with Crippen LogP contribution in [0.2, 0.25) is 0 Å². The standard InChI is InChI=1S/C22H20F3N5O3/c1-12-16(9-8-15(11-27)17(12)22(23,24)25)28-18(21(2,3)33)20(32)30-29-19(31)14-6-4-13(10-26)5-7-14/h4-9,18,28,33H,1-3H3,(H,29,31)(H,30,32). The van der Waals surface area contributed by atoms with Crippen molar-refractivity contribution in [2.45, 2.75) is 38.6 Å². The van der Waals surface area contributed by atoms with Gasteiger partial charge in [0.1, 0.15) is 6.04 Å². The quantitative estimate of drug-likeness (QED) is 0.508. The Morgan fingerprint density at radius 2 is 1.61 bits per heavy atom. The van der Waals surface area contributed by atoms with Crippen LogP contribution in [0.5, 0.6) is 0 Å². The number of amides is 2. The molecular formula is C22H20F3N5O3. The molecule has 0 fully saturated rings. The first-order chi connectivity index (χ1) is 15.3. The van der Waals surface area contributed by atoms with Crippen LogP contribution in [-0.2, 0) is 11.0 Å². The Morgan fingerprint density at radius 1 is 1.00 bits per heavy atom. The summed E-state index contributed by atoms with van der Waals surface area (Å²) in [5, 5.41) is 30.8. The van der Waals surface area contributed by atoms with Gasteiger partial charge in [0.25, 0.3) is 11.8 Å². The first-order valence-corrected chi connectivity index (χ1v) is 9.49. The topological polar surface area (TPSA) is 138 Å². The van der Waals surface area contributed by atoms with Gasteiger partial charge in [-0.15, -0.1) is 0 Å². The number of aliphatic hydroxyl groups is 1. The summed E-state index contributed by atoms with van der Waals surface area (Å²) < 4.78 is 40.4. The summed E-state index contributed by atoms with van der Waals surface area (Å²) in [5.74, 6) is -1.64. The molecule has 0 aliphatic carbocycles. The number of rotatable bonds is 5. The van der Waals surface area contributed by atoms with Crippen LogP contribution in [0.25, 0.3) is 0 Å². The summed E-state index contributed by atoms with van der Waals surface area (Å²) in [6.07, 6.45) is -4.81. The van der Waals surface area contributed by atoms with E-state index in [9.17, 15) is 27.9 Å². The highest BCUT2D eigenvalue weighted by Gasteiger charge is 2.38. The molecule has 1 atom stereocenters. The van der Waals surface area contributed by atoms with Crippen LogP contribution in [0, 0.1) is 29.6 Å². The number of nitriles is 2. The fourth-order valence-electron chi connectivity index (χ4n) is 3.00. The Bertz CT molecular complexity index is 1140. The minimum absolute atomic E-state index is 0.123. The number of hydrogen-bond acceptors (Lipinski definition) is 6. The van der Waals surface area contributed by atoms with Crippen LogP contribution >= 0.6 is 0 Å². The highest BCUT2D eigenvalue weighted by Crippen LogP contribution is 2.37. The van der Waals surface area contributed by atoms with Gasteiger partial charge >= 0.3 is 6.18 Å². The molecule has 172 valence electrons. The molecule has 0 heterocycles. The molecule has 4 N–H and O–H groups in total. The molecule has 0 aromatic heterocycles. The van der Waals surface area contributed by atoms with Crippen molar-refractivity contribution < 1.29 is 27.9 Å². The van der Waals surface area contributed by atoms with E-state index in [2.05, 4.69) is 16.2 Å². The number of hydrogen-bond donors (Lipinski definition) is 4. The third-order valence-corrected chi connectivity index (χ3v) is 4.71. The van der Waals surface area contributed by atoms with Gasteiger partial charge in [0.15, 0.2) is 0 Å². The number of carbonyl (C=O) groups is 2. The fraction of sp³-hybridized carbons (Fsp3) is 0.273. The monoisotopic (exact) mass is 459 g/mol. The number of benzene rings is 2. The van der Waals surface area contributed by atoms with Crippen molar-refractivity contribution >= 4 is 17.5 Å².